The monoisotopic (exact) mass is 742 g/mol. The summed E-state index contributed by atoms with van der Waals surface area (Å²) in [7, 11) is 0. The van der Waals surface area contributed by atoms with E-state index in [9.17, 15) is 0 Å². The third-order valence-electron chi connectivity index (χ3n) is 15.7. The quantitative estimate of drug-likeness (QED) is 0.191. The first-order chi connectivity index (χ1) is 23.4. The standard InChI is InChI=1S/C23H29.C17H23.C6H5.C2H5.CH2.Zr/c1-14-9-16-11-17-10-15(2)21(23(6,7)8)13-19(17)18(16)12-20(14)22(3,4)5;1-11-3-4-14(5-11)17(2)15-7-12-6-13(9-15)10-16(17)8-12;1-2-4-6-5-3-1;1-2;;/h9,12-13H,11H2,1-8H3;4-5,11-13,15-16H,6-10H2,1-2H3;1-5H;1H2,2H3;1H2;. The van der Waals surface area contributed by atoms with Gasteiger partial charge in [-0.2, -0.15) is 0 Å². The zero-order chi connectivity index (χ0) is 35.8. The van der Waals surface area contributed by atoms with E-state index in [4.69, 9.17) is 4.21 Å². The molecule has 0 N–H and O–H groups in total. The van der Waals surface area contributed by atoms with Crippen molar-refractivity contribution in [2.75, 3.05) is 0 Å². The summed E-state index contributed by atoms with van der Waals surface area (Å²) in [6, 6.07) is 19.6. The molecular weight excluding hydrogens is 680 g/mol. The van der Waals surface area contributed by atoms with Crippen molar-refractivity contribution in [3.63, 3.8) is 0 Å². The van der Waals surface area contributed by atoms with Gasteiger partial charge in [0.05, 0.1) is 0 Å². The Kier molecular flexibility index (Phi) is 7.83. The number of hydrogen-bond acceptors (Lipinski definition) is 0. The normalized spacial score (nSPS) is 28.8. The molecule has 0 aromatic heterocycles. The van der Waals surface area contributed by atoms with Gasteiger partial charge in [0.25, 0.3) is 0 Å². The van der Waals surface area contributed by atoms with Crippen molar-refractivity contribution in [3.8, 4) is 11.1 Å². The number of benzene rings is 3. The van der Waals surface area contributed by atoms with E-state index in [0.29, 0.717) is 11.3 Å². The molecule has 3 aromatic carbocycles. The number of allylic oxidation sites excluding steroid dienone is 4. The van der Waals surface area contributed by atoms with Gasteiger partial charge >= 0.3 is 308 Å². The van der Waals surface area contributed by atoms with Gasteiger partial charge in [-0.15, -0.1) is 0 Å². The Balaban J connectivity index is 1.42. The van der Waals surface area contributed by atoms with Crippen molar-refractivity contribution in [2.45, 2.75) is 130 Å². The molecule has 264 valence electrons. The molecule has 0 saturated heterocycles. The molecule has 4 bridgehead atoms. The summed E-state index contributed by atoms with van der Waals surface area (Å²) in [5.41, 5.74) is 14.2. The van der Waals surface area contributed by atoms with E-state index in [1.807, 2.05) is 0 Å². The van der Waals surface area contributed by atoms with Gasteiger partial charge < -0.3 is 0 Å². The van der Waals surface area contributed by atoms with Gasteiger partial charge in [-0.05, 0) is 0 Å². The molecule has 6 aliphatic carbocycles. The first kappa shape index (κ1) is 35.0. The van der Waals surface area contributed by atoms with Crippen LogP contribution in [0.25, 0.3) is 11.1 Å². The Morgan fingerprint density at radius 2 is 1.38 bits per heavy atom. The fourth-order valence-electron chi connectivity index (χ4n) is 13.3. The van der Waals surface area contributed by atoms with Crippen LogP contribution in [0.1, 0.15) is 128 Å². The predicted molar refractivity (Wildman–Crippen MR) is 215 cm³/mol. The topological polar surface area (TPSA) is 0 Å². The third-order valence-corrected chi connectivity index (χ3v) is 33.3. The summed E-state index contributed by atoms with van der Waals surface area (Å²) in [5.74, 6) is 4.08. The van der Waals surface area contributed by atoms with Crippen molar-refractivity contribution >= 4 is 10.8 Å². The Morgan fingerprint density at radius 3 is 1.94 bits per heavy atom. The number of rotatable bonds is 5. The molecule has 6 aliphatic rings. The Bertz CT molecular complexity index is 2000. The van der Waals surface area contributed by atoms with Crippen LogP contribution in [0.3, 0.4) is 0 Å². The molecule has 0 radical (unpaired) electrons. The second-order valence-electron chi connectivity index (χ2n) is 20.5. The van der Waals surface area contributed by atoms with Gasteiger partial charge in [0, 0.05) is 0 Å². The van der Waals surface area contributed by atoms with Crippen molar-refractivity contribution in [2.24, 2.45) is 35.0 Å². The van der Waals surface area contributed by atoms with Crippen molar-refractivity contribution in [1.82, 2.24) is 0 Å². The van der Waals surface area contributed by atoms with Crippen LogP contribution in [0.5, 0.6) is 0 Å². The maximum absolute atomic E-state index is 5.89. The molecule has 1 atom stereocenters. The molecule has 0 spiro atoms. The predicted octanol–water partition coefficient (Wildman–Crippen LogP) is 11.9. The molecule has 0 heterocycles. The zero-order valence-electron chi connectivity index (χ0n) is 33.3. The molecule has 9 rings (SSSR count). The van der Waals surface area contributed by atoms with Crippen molar-refractivity contribution in [3.05, 3.63) is 103 Å². The van der Waals surface area contributed by atoms with Crippen LogP contribution in [0.2, 0.25) is 4.13 Å². The van der Waals surface area contributed by atoms with E-state index in [1.54, 1.807) is 21.0 Å². The molecule has 4 fully saturated rings. The molecule has 50 heavy (non-hydrogen) atoms. The molecule has 0 amide bonds. The van der Waals surface area contributed by atoms with Gasteiger partial charge in [-0.1, -0.05) is 0 Å². The van der Waals surface area contributed by atoms with Crippen LogP contribution in [-0.4, -0.2) is 4.21 Å². The molecule has 0 nitrogen and oxygen atoms in total. The average molecular weight is 744 g/mol. The first-order valence-electron chi connectivity index (χ1n) is 20.2. The van der Waals surface area contributed by atoms with Gasteiger partial charge in [0.1, 0.15) is 0 Å². The summed E-state index contributed by atoms with van der Waals surface area (Å²) >= 11 is -4.58. The zero-order valence-corrected chi connectivity index (χ0v) is 35.8. The summed E-state index contributed by atoms with van der Waals surface area (Å²) in [6.07, 6.45) is 14.0. The third kappa shape index (κ3) is 4.73. The maximum atomic E-state index is 5.89. The Hall–Kier alpha value is -2.11. The molecule has 3 aromatic rings. The van der Waals surface area contributed by atoms with Gasteiger partial charge in [0.15, 0.2) is 0 Å². The second-order valence-corrected chi connectivity index (χ2v) is 34.5. The van der Waals surface area contributed by atoms with Gasteiger partial charge in [0.2, 0.25) is 0 Å². The van der Waals surface area contributed by atoms with Crippen LogP contribution in [0.15, 0.2) is 69.5 Å². The summed E-state index contributed by atoms with van der Waals surface area (Å²) in [5, 5.41) is 0. The Morgan fingerprint density at radius 1 is 0.800 bits per heavy atom. The van der Waals surface area contributed by atoms with E-state index >= 15 is 0 Å². The first-order valence-corrected chi connectivity index (χ1v) is 27.4. The van der Waals surface area contributed by atoms with E-state index in [0.717, 1.165) is 34.2 Å². The van der Waals surface area contributed by atoms with Crippen LogP contribution >= 0.6 is 0 Å². The summed E-state index contributed by atoms with van der Waals surface area (Å²) < 4.78 is 12.0. The van der Waals surface area contributed by atoms with Crippen LogP contribution in [0, 0.1) is 48.9 Å². The summed E-state index contributed by atoms with van der Waals surface area (Å²) in [4.78, 5) is 0. The van der Waals surface area contributed by atoms with Crippen molar-refractivity contribution in [1.29, 1.82) is 0 Å². The number of fused-ring (bicyclic) bond motifs is 3. The fraction of sp³-hybridized carbons (Fsp3) is 0.531. The minimum absolute atomic E-state index is 0.0272. The molecule has 1 unspecified atom stereocenters. The van der Waals surface area contributed by atoms with Crippen molar-refractivity contribution < 1.29 is 18.3 Å². The van der Waals surface area contributed by atoms with E-state index in [-0.39, 0.29) is 10.8 Å². The summed E-state index contributed by atoms with van der Waals surface area (Å²) in [6.45, 7) is 27.0. The Labute approximate surface area is 305 Å². The van der Waals surface area contributed by atoms with Crippen LogP contribution in [0.4, 0.5) is 0 Å². The molecule has 1 heteroatoms. The molecule has 4 saturated carbocycles. The van der Waals surface area contributed by atoms with Crippen LogP contribution < -0.4 is 6.54 Å². The number of hydrogen-bond donors (Lipinski definition) is 0. The van der Waals surface area contributed by atoms with Gasteiger partial charge in [-0.25, -0.2) is 0 Å². The second kappa shape index (κ2) is 11.2. The van der Waals surface area contributed by atoms with E-state index in [1.165, 1.54) is 71.0 Å². The van der Waals surface area contributed by atoms with E-state index in [2.05, 4.69) is 137 Å². The SMILES string of the molecule is [CH2]=[Zr]([CH2]C)([C]1=CC(C2(C)C3CC4CC(C3)CC2C4)=CC1C)([c]1ccccc1)[c]1c(C)c(C(C)(C)C)cc2c1Cc1cc(C)c(C(C)(C)C)cc1-2. The minimum atomic E-state index is -4.58. The average Bonchev–Trinajstić information content (AvgIpc) is 3.62. The molecular formula is C49H64Zr. The van der Waals surface area contributed by atoms with E-state index < -0.39 is 18.3 Å². The molecule has 0 aliphatic heterocycles. The van der Waals surface area contributed by atoms with Crippen LogP contribution in [-0.2, 0) is 35.5 Å². The van der Waals surface area contributed by atoms with Gasteiger partial charge in [-0.3, -0.25) is 0 Å². The fourth-order valence-corrected chi connectivity index (χ4v) is 29.9. The number of aryl methyl sites for hydroxylation is 1.